The number of hydrogen-bond acceptors (Lipinski definition) is 5. The second kappa shape index (κ2) is 7.76. The number of sulfone groups is 1. The van der Waals surface area contributed by atoms with E-state index in [1.54, 1.807) is 29.6 Å². The minimum atomic E-state index is -3.85. The molecule has 8 heteroatoms. The number of nitrogens with zero attached hydrogens (tertiary/aromatic N) is 1. The average molecular weight is 390 g/mol. The van der Waals surface area contributed by atoms with Gasteiger partial charge in [0.2, 0.25) is 0 Å². The fourth-order valence-electron chi connectivity index (χ4n) is 2.44. The predicted molar refractivity (Wildman–Crippen MR) is 97.2 cm³/mol. The van der Waals surface area contributed by atoms with E-state index in [4.69, 9.17) is 0 Å². The Bertz CT molecular complexity index is 973. The maximum absolute atomic E-state index is 13.1. The first-order valence-electron chi connectivity index (χ1n) is 7.69. The second-order valence-electron chi connectivity index (χ2n) is 5.46. The molecule has 2 heterocycles. The van der Waals surface area contributed by atoms with Gasteiger partial charge in [0.05, 0.1) is 9.77 Å². The number of nitrogens with one attached hydrogen (secondary N) is 1. The third-order valence-electron chi connectivity index (χ3n) is 3.77. The zero-order chi connectivity index (χ0) is 18.6. The fraction of sp³-hybridized carbons (Fsp3) is 0.111. The Kier molecular flexibility index (Phi) is 5.43. The molecular weight excluding hydrogens is 375 g/mol. The number of pyridine rings is 1. The van der Waals surface area contributed by atoms with E-state index >= 15 is 0 Å². The summed E-state index contributed by atoms with van der Waals surface area (Å²) in [5, 5.41) is 3.39. The summed E-state index contributed by atoms with van der Waals surface area (Å²) < 4.78 is 39.2. The molecule has 0 saturated heterocycles. The number of benzene rings is 1. The maximum Gasteiger partial charge on any atom is 0.261 e. The van der Waals surface area contributed by atoms with Gasteiger partial charge in [-0.1, -0.05) is 12.1 Å². The van der Waals surface area contributed by atoms with Crippen molar-refractivity contribution in [2.75, 3.05) is 6.54 Å². The van der Waals surface area contributed by atoms with Crippen molar-refractivity contribution >= 4 is 27.1 Å². The van der Waals surface area contributed by atoms with Crippen LogP contribution < -0.4 is 5.32 Å². The van der Waals surface area contributed by atoms with Gasteiger partial charge in [-0.3, -0.25) is 9.78 Å². The highest BCUT2D eigenvalue weighted by atomic mass is 32.2. The molecule has 1 N–H and O–H groups in total. The van der Waals surface area contributed by atoms with Crippen LogP contribution in [0.1, 0.15) is 20.5 Å². The number of carbonyl (C=O) groups excluding carboxylic acids is 1. The van der Waals surface area contributed by atoms with Crippen LogP contribution >= 0.6 is 11.3 Å². The molecule has 26 heavy (non-hydrogen) atoms. The molecule has 1 atom stereocenters. The van der Waals surface area contributed by atoms with Crippen molar-refractivity contribution in [1.82, 2.24) is 10.3 Å². The topological polar surface area (TPSA) is 76.1 Å². The molecular formula is C18H15FN2O3S2. The van der Waals surface area contributed by atoms with Gasteiger partial charge in [-0.2, -0.15) is 0 Å². The summed E-state index contributed by atoms with van der Waals surface area (Å²) in [7, 11) is -3.85. The van der Waals surface area contributed by atoms with Crippen molar-refractivity contribution in [3.8, 4) is 0 Å². The Labute approximate surface area is 154 Å². The van der Waals surface area contributed by atoms with Crippen LogP contribution in [0.4, 0.5) is 4.39 Å². The lowest BCUT2D eigenvalue weighted by atomic mass is 10.2. The SMILES string of the molecule is O=C(NC[C@@H](c1cccnc1)S(=O)(=O)c1ccc(F)cc1)c1cccs1. The largest absolute Gasteiger partial charge is 0.350 e. The highest BCUT2D eigenvalue weighted by Gasteiger charge is 2.30. The molecule has 0 spiro atoms. The highest BCUT2D eigenvalue weighted by Crippen LogP contribution is 2.28. The molecule has 2 aromatic heterocycles. The van der Waals surface area contributed by atoms with Crippen molar-refractivity contribution in [3.63, 3.8) is 0 Å². The lowest BCUT2D eigenvalue weighted by molar-refractivity contribution is 0.0957. The van der Waals surface area contributed by atoms with Gasteiger partial charge in [-0.25, -0.2) is 12.8 Å². The average Bonchev–Trinajstić information content (AvgIpc) is 3.17. The van der Waals surface area contributed by atoms with Gasteiger partial charge in [0.15, 0.2) is 9.84 Å². The number of rotatable bonds is 6. The van der Waals surface area contributed by atoms with E-state index in [1.807, 2.05) is 0 Å². The van der Waals surface area contributed by atoms with Crippen LogP contribution in [0.3, 0.4) is 0 Å². The zero-order valence-corrected chi connectivity index (χ0v) is 15.1. The van der Waals surface area contributed by atoms with Crippen molar-refractivity contribution < 1.29 is 17.6 Å². The predicted octanol–water partition coefficient (Wildman–Crippen LogP) is 3.23. The first-order chi connectivity index (χ1) is 12.5. The van der Waals surface area contributed by atoms with E-state index in [9.17, 15) is 17.6 Å². The van der Waals surface area contributed by atoms with E-state index in [0.29, 0.717) is 10.4 Å². The molecule has 0 bridgehead atoms. The Hall–Kier alpha value is -2.58. The van der Waals surface area contributed by atoms with Gasteiger partial charge in [0.1, 0.15) is 11.1 Å². The van der Waals surface area contributed by atoms with Crippen LogP contribution in [-0.4, -0.2) is 25.9 Å². The molecule has 0 saturated carbocycles. The molecule has 3 rings (SSSR count). The smallest absolute Gasteiger partial charge is 0.261 e. The molecule has 0 unspecified atom stereocenters. The molecule has 3 aromatic rings. The van der Waals surface area contributed by atoms with Crippen molar-refractivity contribution in [2.45, 2.75) is 10.1 Å². The normalized spacial score (nSPS) is 12.5. The monoisotopic (exact) mass is 390 g/mol. The molecule has 0 aliphatic rings. The van der Waals surface area contributed by atoms with E-state index < -0.39 is 20.9 Å². The minimum absolute atomic E-state index is 0.0156. The van der Waals surface area contributed by atoms with Crippen LogP contribution in [-0.2, 0) is 9.84 Å². The quantitative estimate of drug-likeness (QED) is 0.656. The Morgan fingerprint density at radius 3 is 2.54 bits per heavy atom. The number of carbonyl (C=O) groups is 1. The van der Waals surface area contributed by atoms with Crippen LogP contribution in [0.5, 0.6) is 0 Å². The van der Waals surface area contributed by atoms with E-state index in [1.165, 1.54) is 35.9 Å². The lowest BCUT2D eigenvalue weighted by Gasteiger charge is -2.18. The minimum Gasteiger partial charge on any atom is -0.350 e. The first-order valence-corrected chi connectivity index (χ1v) is 10.1. The van der Waals surface area contributed by atoms with Crippen LogP contribution in [0.15, 0.2) is 71.2 Å². The summed E-state index contributed by atoms with van der Waals surface area (Å²) in [5.74, 6) is -0.865. The molecule has 1 amide bonds. The molecule has 0 aliphatic heterocycles. The third kappa shape index (κ3) is 3.97. The van der Waals surface area contributed by atoms with Crippen LogP contribution in [0.25, 0.3) is 0 Å². The van der Waals surface area contributed by atoms with Crippen molar-refractivity contribution in [2.24, 2.45) is 0 Å². The summed E-state index contributed by atoms with van der Waals surface area (Å²) in [6.07, 6.45) is 2.98. The number of hydrogen-bond donors (Lipinski definition) is 1. The zero-order valence-electron chi connectivity index (χ0n) is 13.5. The van der Waals surface area contributed by atoms with Gasteiger partial charge < -0.3 is 5.32 Å². The number of amides is 1. The number of thiophene rings is 1. The molecule has 0 fully saturated rings. The fourth-order valence-corrected chi connectivity index (χ4v) is 4.73. The van der Waals surface area contributed by atoms with Gasteiger partial charge in [0.25, 0.3) is 5.91 Å². The van der Waals surface area contributed by atoms with Crippen LogP contribution in [0, 0.1) is 5.82 Å². The first kappa shape index (κ1) is 18.2. The third-order valence-corrected chi connectivity index (χ3v) is 6.75. The summed E-state index contributed by atoms with van der Waals surface area (Å²) >= 11 is 1.27. The Morgan fingerprint density at radius 1 is 1.15 bits per heavy atom. The molecule has 0 radical (unpaired) electrons. The number of aromatic nitrogens is 1. The molecule has 1 aromatic carbocycles. The maximum atomic E-state index is 13.1. The van der Waals surface area contributed by atoms with Gasteiger partial charge in [0, 0.05) is 18.9 Å². The summed E-state index contributed by atoms with van der Waals surface area (Å²) in [6.45, 7) is -0.123. The highest BCUT2D eigenvalue weighted by molar-refractivity contribution is 7.91. The van der Waals surface area contributed by atoms with E-state index in [2.05, 4.69) is 10.3 Å². The van der Waals surface area contributed by atoms with E-state index in [-0.39, 0.29) is 17.3 Å². The molecule has 134 valence electrons. The summed E-state index contributed by atoms with van der Waals surface area (Å²) in [5.41, 5.74) is 0.448. The van der Waals surface area contributed by atoms with Gasteiger partial charge in [-0.15, -0.1) is 11.3 Å². The summed E-state index contributed by atoms with van der Waals surface area (Å²) in [4.78, 5) is 16.6. The Morgan fingerprint density at radius 2 is 1.92 bits per heavy atom. The lowest BCUT2D eigenvalue weighted by Crippen LogP contribution is -2.31. The second-order valence-corrected chi connectivity index (χ2v) is 8.54. The van der Waals surface area contributed by atoms with Crippen molar-refractivity contribution in [3.05, 3.63) is 82.6 Å². The summed E-state index contributed by atoms with van der Waals surface area (Å²) in [6, 6.07) is 11.3. The molecule has 5 nitrogen and oxygen atoms in total. The standard InChI is InChI=1S/C18H15FN2O3S2/c19-14-5-7-15(8-6-14)26(23,24)17(13-3-1-9-20-11-13)12-21-18(22)16-4-2-10-25-16/h1-11,17H,12H2,(H,21,22)/t17-/m0/s1. The van der Waals surface area contributed by atoms with Gasteiger partial charge in [-0.05, 0) is 47.3 Å². The number of halogens is 1. The van der Waals surface area contributed by atoms with Crippen molar-refractivity contribution in [1.29, 1.82) is 0 Å². The van der Waals surface area contributed by atoms with E-state index in [0.717, 1.165) is 12.1 Å². The molecule has 0 aliphatic carbocycles. The van der Waals surface area contributed by atoms with Gasteiger partial charge >= 0.3 is 0 Å². The van der Waals surface area contributed by atoms with Crippen LogP contribution in [0.2, 0.25) is 0 Å². The Balaban J connectivity index is 1.91.